The number of rotatable bonds is 12. The first kappa shape index (κ1) is 38.0. The Morgan fingerprint density at radius 2 is 1.09 bits per heavy atom. The lowest BCUT2D eigenvalue weighted by Gasteiger charge is -2.17. The molecule has 0 radical (unpaired) electrons. The maximum absolute atomic E-state index is 15.0. The number of amides is 2. The molecule has 6 aromatic rings. The molecule has 0 aliphatic carbocycles. The van der Waals surface area contributed by atoms with Crippen molar-refractivity contribution in [2.45, 2.75) is 39.5 Å². The monoisotopic (exact) mass is 750 g/mol. The molecule has 0 atom stereocenters. The number of halogens is 4. The molecule has 0 aliphatic rings. The van der Waals surface area contributed by atoms with E-state index in [9.17, 15) is 36.7 Å². The van der Waals surface area contributed by atoms with Crippen molar-refractivity contribution in [3.63, 3.8) is 0 Å². The van der Waals surface area contributed by atoms with E-state index in [0.29, 0.717) is 50.8 Å². The molecule has 2 heterocycles. The minimum absolute atomic E-state index is 0.0625. The van der Waals surface area contributed by atoms with Crippen LogP contribution in [0.5, 0.6) is 0 Å². The molecule has 0 spiro atoms. The fraction of sp³-hybridized carbons (Fsp3) is 0.143. The maximum Gasteiger partial charge on any atom is 0.313 e. The lowest BCUT2D eigenvalue weighted by molar-refractivity contribution is -0.159. The zero-order chi connectivity index (χ0) is 39.6. The average Bonchev–Trinajstić information content (AvgIpc) is 3.75. The highest BCUT2D eigenvalue weighted by molar-refractivity contribution is 5.94. The van der Waals surface area contributed by atoms with Crippen molar-refractivity contribution in [3.8, 4) is 33.9 Å². The Kier molecular flexibility index (Phi) is 10.8. The van der Waals surface area contributed by atoms with E-state index in [1.165, 1.54) is 24.3 Å². The van der Waals surface area contributed by atoms with Gasteiger partial charge in [0.15, 0.2) is 11.6 Å². The highest BCUT2D eigenvalue weighted by Gasteiger charge is 2.21. The van der Waals surface area contributed by atoms with Crippen LogP contribution in [0.3, 0.4) is 0 Å². The normalized spacial score (nSPS) is 11.1. The van der Waals surface area contributed by atoms with Crippen molar-refractivity contribution in [2.75, 3.05) is 0 Å². The number of carbonyl (C=O) groups excluding carboxylic acids is 4. The van der Waals surface area contributed by atoms with Crippen LogP contribution in [-0.4, -0.2) is 32.9 Å². The van der Waals surface area contributed by atoms with Crippen LogP contribution in [0.4, 0.5) is 17.6 Å². The predicted octanol–water partition coefficient (Wildman–Crippen LogP) is 7.61. The number of nitrogens with two attached hydrogens (primary N) is 2. The highest BCUT2D eigenvalue weighted by atomic mass is 19.2. The van der Waals surface area contributed by atoms with Crippen LogP contribution in [0.15, 0.2) is 97.1 Å². The van der Waals surface area contributed by atoms with Crippen LogP contribution < -0.4 is 11.5 Å². The molecule has 2 aromatic heterocycles. The van der Waals surface area contributed by atoms with E-state index in [-0.39, 0.29) is 42.4 Å². The summed E-state index contributed by atoms with van der Waals surface area (Å²) >= 11 is 0. The van der Waals surface area contributed by atoms with E-state index in [4.69, 9.17) is 16.2 Å². The molecular formula is C42H34F4N4O5. The zero-order valence-electron chi connectivity index (χ0n) is 29.7. The van der Waals surface area contributed by atoms with Gasteiger partial charge in [0.25, 0.3) is 0 Å². The standard InChI is InChI=1S/C42H34F4N4O5/c1-23-19-26(41(47)53)4-13-35(23)49-29(7-15-37(49)25-3-12-32(44)34(46)21-25)9-17-39(51)55-40(52)18-10-30-8-16-38(31-11-6-28(43)22-33(31)45)50(30)36-14-5-27(42(48)54)20-24(36)2/h3-8,11-16,19-22H,9-10,17-18H2,1-2H3,(H2,47,53)(H2,48,54). The summed E-state index contributed by atoms with van der Waals surface area (Å²) in [5, 5.41) is 0. The molecule has 6 rings (SSSR count). The molecule has 0 fully saturated rings. The third kappa shape index (κ3) is 8.10. The Morgan fingerprint density at radius 1 is 0.564 bits per heavy atom. The van der Waals surface area contributed by atoms with E-state index in [1.807, 2.05) is 0 Å². The van der Waals surface area contributed by atoms with Gasteiger partial charge < -0.3 is 25.3 Å². The number of primary amides is 2. The molecule has 0 saturated heterocycles. The van der Waals surface area contributed by atoms with Crippen molar-refractivity contribution >= 4 is 23.8 Å². The van der Waals surface area contributed by atoms with E-state index in [0.717, 1.165) is 24.3 Å². The SMILES string of the molecule is Cc1cc(C(N)=O)ccc1-n1c(CCC(=O)OC(=O)CCc2ccc(-c3ccc(F)cc3F)n2-c2ccc(C(N)=O)cc2C)ccc1-c1ccc(F)c(F)c1. The Hall–Kier alpha value is -6.76. The first-order valence-electron chi connectivity index (χ1n) is 17.1. The van der Waals surface area contributed by atoms with Gasteiger partial charge in [-0.25, -0.2) is 17.6 Å². The molecule has 0 bridgehead atoms. The number of aromatic nitrogens is 2. The van der Waals surface area contributed by atoms with Crippen molar-refractivity contribution in [3.05, 3.63) is 154 Å². The van der Waals surface area contributed by atoms with Gasteiger partial charge in [-0.3, -0.25) is 19.2 Å². The van der Waals surface area contributed by atoms with Gasteiger partial charge in [-0.15, -0.1) is 0 Å². The molecule has 9 nitrogen and oxygen atoms in total. The third-order valence-electron chi connectivity index (χ3n) is 9.19. The van der Waals surface area contributed by atoms with E-state index >= 15 is 0 Å². The molecule has 0 unspecified atom stereocenters. The molecule has 13 heteroatoms. The first-order valence-corrected chi connectivity index (χ1v) is 17.1. The average molecular weight is 751 g/mol. The smallest absolute Gasteiger partial charge is 0.313 e. The fourth-order valence-corrected chi connectivity index (χ4v) is 6.51. The minimum atomic E-state index is -1.04. The lowest BCUT2D eigenvalue weighted by Crippen LogP contribution is -2.16. The van der Waals surface area contributed by atoms with Gasteiger partial charge >= 0.3 is 11.9 Å². The summed E-state index contributed by atoms with van der Waals surface area (Å²) in [6, 6.07) is 22.9. The van der Waals surface area contributed by atoms with Crippen molar-refractivity contribution in [2.24, 2.45) is 11.5 Å². The second-order valence-electron chi connectivity index (χ2n) is 12.9. The number of hydrogen-bond donors (Lipinski definition) is 2. The molecule has 4 aromatic carbocycles. The molecular weight excluding hydrogens is 716 g/mol. The summed E-state index contributed by atoms with van der Waals surface area (Å²) in [6.07, 6.45) is -0.307. The van der Waals surface area contributed by atoms with Crippen LogP contribution in [0.2, 0.25) is 0 Å². The summed E-state index contributed by atoms with van der Waals surface area (Å²) in [5.74, 6) is -6.49. The number of aryl methyl sites for hydroxylation is 4. The van der Waals surface area contributed by atoms with E-state index in [1.54, 1.807) is 71.5 Å². The van der Waals surface area contributed by atoms with Crippen molar-refractivity contribution < 1.29 is 41.5 Å². The van der Waals surface area contributed by atoms with Gasteiger partial charge in [0.05, 0.1) is 24.2 Å². The lowest BCUT2D eigenvalue weighted by atomic mass is 10.1. The zero-order valence-corrected chi connectivity index (χ0v) is 29.7. The van der Waals surface area contributed by atoms with Crippen LogP contribution in [0.25, 0.3) is 33.9 Å². The number of carbonyl (C=O) groups is 4. The van der Waals surface area contributed by atoms with Crippen LogP contribution >= 0.6 is 0 Å². The van der Waals surface area contributed by atoms with Crippen molar-refractivity contribution in [1.82, 2.24) is 9.13 Å². The maximum atomic E-state index is 15.0. The summed E-state index contributed by atoms with van der Waals surface area (Å²) in [4.78, 5) is 49.6. The van der Waals surface area contributed by atoms with Gasteiger partial charge in [-0.2, -0.15) is 0 Å². The van der Waals surface area contributed by atoms with Gasteiger partial charge in [-0.05, 0) is 129 Å². The van der Waals surface area contributed by atoms with Gasteiger partial charge in [0.2, 0.25) is 11.8 Å². The molecule has 0 aliphatic heterocycles. The molecule has 4 N–H and O–H groups in total. The summed E-state index contributed by atoms with van der Waals surface area (Å²) in [7, 11) is 0. The largest absolute Gasteiger partial charge is 0.393 e. The second kappa shape index (κ2) is 15.7. The highest BCUT2D eigenvalue weighted by Crippen LogP contribution is 2.33. The Bertz CT molecular complexity index is 2500. The number of esters is 2. The molecule has 280 valence electrons. The minimum Gasteiger partial charge on any atom is -0.393 e. The van der Waals surface area contributed by atoms with Crippen LogP contribution in [0, 0.1) is 37.1 Å². The first-order chi connectivity index (χ1) is 26.2. The summed E-state index contributed by atoms with van der Waals surface area (Å²) in [5.41, 5.74) is 16.3. The number of hydrogen-bond acceptors (Lipinski definition) is 5. The van der Waals surface area contributed by atoms with Gasteiger partial charge in [0.1, 0.15) is 11.6 Å². The predicted molar refractivity (Wildman–Crippen MR) is 196 cm³/mol. The summed E-state index contributed by atoms with van der Waals surface area (Å²) in [6.45, 7) is 3.48. The molecule has 0 saturated carbocycles. The third-order valence-corrected chi connectivity index (χ3v) is 9.19. The van der Waals surface area contributed by atoms with E-state index < -0.39 is 47.0 Å². The second-order valence-corrected chi connectivity index (χ2v) is 12.9. The summed E-state index contributed by atoms with van der Waals surface area (Å²) < 4.78 is 65.4. The number of ether oxygens (including phenoxy) is 1. The Balaban J connectivity index is 1.21. The fourth-order valence-electron chi connectivity index (χ4n) is 6.51. The van der Waals surface area contributed by atoms with Crippen LogP contribution in [0.1, 0.15) is 56.1 Å². The number of benzene rings is 4. The number of nitrogens with zero attached hydrogens (tertiary/aromatic N) is 2. The van der Waals surface area contributed by atoms with Crippen molar-refractivity contribution in [1.29, 1.82) is 0 Å². The quantitative estimate of drug-likeness (QED) is 0.0754. The van der Waals surface area contributed by atoms with E-state index in [2.05, 4.69) is 0 Å². The topological polar surface area (TPSA) is 139 Å². The molecule has 2 amide bonds. The Morgan fingerprint density at radius 3 is 1.58 bits per heavy atom. The van der Waals surface area contributed by atoms with Gasteiger partial charge in [-0.1, -0.05) is 0 Å². The Labute approximate surface area is 312 Å². The molecule has 55 heavy (non-hydrogen) atoms. The van der Waals surface area contributed by atoms with Gasteiger partial charge in [0, 0.05) is 51.1 Å². The van der Waals surface area contributed by atoms with Crippen LogP contribution in [-0.2, 0) is 27.2 Å².